The quantitative estimate of drug-likeness (QED) is 0.249. The van der Waals surface area contributed by atoms with Crippen molar-refractivity contribution < 1.29 is 29.0 Å². The number of ketones is 1. The fourth-order valence-electron chi connectivity index (χ4n) is 3.63. The van der Waals surface area contributed by atoms with Crippen LogP contribution in [0.4, 0.5) is 9.59 Å². The number of rotatable bonds is 12. The van der Waals surface area contributed by atoms with Gasteiger partial charge in [-0.05, 0) is 69.9 Å². The van der Waals surface area contributed by atoms with E-state index in [1.807, 2.05) is 35.7 Å². The number of benzene rings is 2. The van der Waals surface area contributed by atoms with Gasteiger partial charge in [0.05, 0.1) is 18.2 Å². The standard InChI is InChI=1S/C29H35N3O6S/c1-29(2,3)38-27(35)30-16-8-7-11-24(32-28(36)37-18-20-9-5-4-6-10-20)25(34)17-22-19-39-26(31-22)21-12-14-23(33)15-13-21/h4-6,9-10,12-15,19,24,33H,7-8,11,16-18H2,1-3H3,(H,30,35)(H,32,36)/t24-/m0/s1. The summed E-state index contributed by atoms with van der Waals surface area (Å²) in [5.74, 6) is -0.0191. The molecule has 3 rings (SSSR count). The minimum Gasteiger partial charge on any atom is -0.508 e. The molecule has 2 amide bonds. The predicted molar refractivity (Wildman–Crippen MR) is 150 cm³/mol. The van der Waals surface area contributed by atoms with Crippen LogP contribution in [0.3, 0.4) is 0 Å². The number of nitrogens with one attached hydrogen (secondary N) is 2. The molecule has 1 atom stereocenters. The summed E-state index contributed by atoms with van der Waals surface area (Å²) >= 11 is 1.40. The molecule has 0 saturated heterocycles. The van der Waals surface area contributed by atoms with E-state index in [-0.39, 0.29) is 24.6 Å². The number of carbonyl (C=O) groups is 3. The van der Waals surface area contributed by atoms with Crippen molar-refractivity contribution in [2.75, 3.05) is 6.54 Å². The fraction of sp³-hybridized carbons (Fsp3) is 0.379. The molecule has 2 aromatic carbocycles. The number of phenolic OH excluding ortho intramolecular Hbond substituents is 1. The van der Waals surface area contributed by atoms with Gasteiger partial charge in [-0.25, -0.2) is 14.6 Å². The maximum atomic E-state index is 13.2. The number of aromatic hydroxyl groups is 1. The Morgan fingerprint density at radius 3 is 2.41 bits per heavy atom. The van der Waals surface area contributed by atoms with Gasteiger partial charge in [0, 0.05) is 17.5 Å². The Morgan fingerprint density at radius 1 is 1.00 bits per heavy atom. The van der Waals surface area contributed by atoms with Crippen LogP contribution in [0.5, 0.6) is 5.75 Å². The number of Topliss-reactive ketones (excluding diaryl/α,β-unsaturated/α-hetero) is 1. The number of nitrogens with zero attached hydrogens (tertiary/aromatic N) is 1. The van der Waals surface area contributed by atoms with Crippen molar-refractivity contribution >= 4 is 29.3 Å². The van der Waals surface area contributed by atoms with Gasteiger partial charge in [-0.2, -0.15) is 0 Å². The summed E-state index contributed by atoms with van der Waals surface area (Å²) in [6.07, 6.45) is 0.447. The molecule has 208 valence electrons. The molecule has 3 N–H and O–H groups in total. The van der Waals surface area contributed by atoms with Gasteiger partial charge in [-0.15, -0.1) is 11.3 Å². The van der Waals surface area contributed by atoms with Crippen LogP contribution < -0.4 is 10.6 Å². The van der Waals surface area contributed by atoms with Gasteiger partial charge in [-0.1, -0.05) is 30.3 Å². The van der Waals surface area contributed by atoms with Crippen molar-refractivity contribution in [3.8, 4) is 16.3 Å². The molecular weight excluding hydrogens is 518 g/mol. The van der Waals surface area contributed by atoms with Gasteiger partial charge in [0.25, 0.3) is 0 Å². The highest BCUT2D eigenvalue weighted by molar-refractivity contribution is 7.13. The van der Waals surface area contributed by atoms with Crippen molar-refractivity contribution in [1.29, 1.82) is 0 Å². The van der Waals surface area contributed by atoms with E-state index in [2.05, 4.69) is 15.6 Å². The molecule has 0 aliphatic carbocycles. The van der Waals surface area contributed by atoms with Crippen molar-refractivity contribution in [1.82, 2.24) is 15.6 Å². The molecule has 39 heavy (non-hydrogen) atoms. The Kier molecular flexibility index (Phi) is 10.9. The molecule has 9 nitrogen and oxygen atoms in total. The first kappa shape index (κ1) is 29.6. The lowest BCUT2D eigenvalue weighted by Gasteiger charge is -2.20. The summed E-state index contributed by atoms with van der Waals surface area (Å²) in [6.45, 7) is 5.86. The lowest BCUT2D eigenvalue weighted by Crippen LogP contribution is -2.42. The first-order chi connectivity index (χ1) is 18.6. The number of thiazole rings is 1. The fourth-order valence-corrected chi connectivity index (χ4v) is 4.45. The van der Waals surface area contributed by atoms with E-state index in [1.54, 1.807) is 45.0 Å². The zero-order valence-electron chi connectivity index (χ0n) is 22.4. The maximum absolute atomic E-state index is 13.2. The third-order valence-corrected chi connectivity index (χ3v) is 6.44. The lowest BCUT2D eigenvalue weighted by molar-refractivity contribution is -0.120. The van der Waals surface area contributed by atoms with Crippen LogP contribution in [0, 0.1) is 0 Å². The van der Waals surface area contributed by atoms with E-state index < -0.39 is 23.8 Å². The van der Waals surface area contributed by atoms with Gasteiger partial charge in [-0.3, -0.25) is 4.79 Å². The molecule has 3 aromatic rings. The highest BCUT2D eigenvalue weighted by Gasteiger charge is 2.23. The summed E-state index contributed by atoms with van der Waals surface area (Å²) in [6, 6.07) is 15.2. The van der Waals surface area contributed by atoms with Crippen LogP contribution in [0.15, 0.2) is 60.0 Å². The minimum atomic E-state index is -0.770. The summed E-state index contributed by atoms with van der Waals surface area (Å²) in [5.41, 5.74) is 1.70. The summed E-state index contributed by atoms with van der Waals surface area (Å²) < 4.78 is 10.6. The largest absolute Gasteiger partial charge is 0.508 e. The lowest BCUT2D eigenvalue weighted by atomic mass is 10.0. The number of hydrogen-bond acceptors (Lipinski definition) is 8. The summed E-state index contributed by atoms with van der Waals surface area (Å²) in [5, 5.41) is 17.5. The maximum Gasteiger partial charge on any atom is 0.408 e. The molecule has 0 spiro atoms. The number of phenols is 1. The van der Waals surface area contributed by atoms with E-state index in [9.17, 15) is 19.5 Å². The molecule has 10 heteroatoms. The third-order valence-electron chi connectivity index (χ3n) is 5.50. The normalized spacial score (nSPS) is 11.9. The molecule has 0 radical (unpaired) electrons. The number of alkyl carbamates (subject to hydrolysis) is 2. The summed E-state index contributed by atoms with van der Waals surface area (Å²) in [4.78, 5) is 42.1. The van der Waals surface area contributed by atoms with E-state index in [0.29, 0.717) is 31.5 Å². The zero-order valence-corrected chi connectivity index (χ0v) is 23.3. The van der Waals surface area contributed by atoms with Gasteiger partial charge in [0.1, 0.15) is 23.0 Å². The number of hydrogen-bond donors (Lipinski definition) is 3. The van der Waals surface area contributed by atoms with Crippen LogP contribution in [0.1, 0.15) is 51.3 Å². The first-order valence-corrected chi connectivity index (χ1v) is 13.7. The van der Waals surface area contributed by atoms with Crippen LogP contribution in [0.25, 0.3) is 10.6 Å². The van der Waals surface area contributed by atoms with E-state index in [1.165, 1.54) is 11.3 Å². The molecule has 0 bridgehead atoms. The molecular formula is C29H35N3O6S. The van der Waals surface area contributed by atoms with Crippen molar-refractivity contribution in [3.63, 3.8) is 0 Å². The Morgan fingerprint density at radius 2 is 1.72 bits per heavy atom. The van der Waals surface area contributed by atoms with Crippen molar-refractivity contribution in [2.45, 2.75) is 64.7 Å². The van der Waals surface area contributed by atoms with Crippen LogP contribution >= 0.6 is 11.3 Å². The second-order valence-electron chi connectivity index (χ2n) is 10.0. The number of ether oxygens (including phenoxy) is 2. The van der Waals surface area contributed by atoms with E-state index >= 15 is 0 Å². The van der Waals surface area contributed by atoms with Crippen LogP contribution in [0.2, 0.25) is 0 Å². The van der Waals surface area contributed by atoms with Gasteiger partial charge in [0.2, 0.25) is 0 Å². The predicted octanol–water partition coefficient (Wildman–Crippen LogP) is 5.62. The van der Waals surface area contributed by atoms with E-state index in [4.69, 9.17) is 9.47 Å². The molecule has 0 fully saturated rings. The van der Waals surface area contributed by atoms with Gasteiger partial charge in [0.15, 0.2) is 5.78 Å². The molecule has 0 unspecified atom stereocenters. The topological polar surface area (TPSA) is 127 Å². The molecule has 1 aromatic heterocycles. The number of carbonyl (C=O) groups excluding carboxylic acids is 3. The van der Waals surface area contributed by atoms with Gasteiger partial charge >= 0.3 is 12.2 Å². The molecule has 1 heterocycles. The molecule has 0 aliphatic rings. The van der Waals surface area contributed by atoms with Crippen molar-refractivity contribution in [3.05, 3.63) is 71.2 Å². The molecule has 0 aliphatic heterocycles. The average molecular weight is 554 g/mol. The number of aromatic nitrogens is 1. The second-order valence-corrected chi connectivity index (χ2v) is 10.9. The van der Waals surface area contributed by atoms with Crippen molar-refractivity contribution in [2.24, 2.45) is 0 Å². The highest BCUT2D eigenvalue weighted by atomic mass is 32.1. The monoisotopic (exact) mass is 553 g/mol. The SMILES string of the molecule is CC(C)(C)OC(=O)NCCCC[C@H](NC(=O)OCc1ccccc1)C(=O)Cc1csc(-c2ccc(O)cc2)n1. The Balaban J connectivity index is 1.56. The summed E-state index contributed by atoms with van der Waals surface area (Å²) in [7, 11) is 0. The average Bonchev–Trinajstić information content (AvgIpc) is 3.35. The number of amides is 2. The Labute approximate surface area is 232 Å². The Bertz CT molecular complexity index is 1220. The highest BCUT2D eigenvalue weighted by Crippen LogP contribution is 2.26. The minimum absolute atomic E-state index is 0.0500. The van der Waals surface area contributed by atoms with Crippen LogP contribution in [-0.2, 0) is 27.3 Å². The second kappa shape index (κ2) is 14.3. The van der Waals surface area contributed by atoms with E-state index in [0.717, 1.165) is 16.1 Å². The Hall–Kier alpha value is -3.92. The third kappa shape index (κ3) is 10.8. The molecule has 0 saturated carbocycles. The van der Waals surface area contributed by atoms with Crippen LogP contribution in [-0.4, -0.2) is 46.2 Å². The zero-order chi connectivity index (χ0) is 28.3. The smallest absolute Gasteiger partial charge is 0.408 e. The number of unbranched alkanes of at least 4 members (excludes halogenated alkanes) is 1. The van der Waals surface area contributed by atoms with Gasteiger partial charge < -0.3 is 25.2 Å². The first-order valence-electron chi connectivity index (χ1n) is 12.8.